The quantitative estimate of drug-likeness (QED) is 0.779. The summed E-state index contributed by atoms with van der Waals surface area (Å²) in [5, 5.41) is 9.05. The fraction of sp³-hybridized carbons (Fsp3) is 0.417. The van der Waals surface area contributed by atoms with E-state index in [4.69, 9.17) is 5.11 Å². The summed E-state index contributed by atoms with van der Waals surface area (Å²) in [6.45, 7) is -0.579. The summed E-state index contributed by atoms with van der Waals surface area (Å²) in [6.07, 6.45) is 0.545. The fourth-order valence-electron chi connectivity index (χ4n) is 2.23. The van der Waals surface area contributed by atoms with Gasteiger partial charge in [-0.25, -0.2) is 0 Å². The molecule has 1 aromatic rings. The molecule has 1 aliphatic heterocycles. The monoisotopic (exact) mass is 271 g/mol. The maximum Gasteiger partial charge on any atom is 0.252 e. The van der Waals surface area contributed by atoms with Crippen molar-refractivity contribution in [3.8, 4) is 0 Å². The van der Waals surface area contributed by atoms with Crippen LogP contribution in [0.4, 0.5) is 5.69 Å². The third kappa shape index (κ3) is 2.84. The second kappa shape index (κ2) is 5.27. The van der Waals surface area contributed by atoms with Crippen molar-refractivity contribution < 1.29 is 19.0 Å². The van der Waals surface area contributed by atoms with Gasteiger partial charge in [0.05, 0.1) is 11.8 Å². The van der Waals surface area contributed by atoms with E-state index in [1.807, 2.05) is 6.07 Å². The summed E-state index contributed by atoms with van der Waals surface area (Å²) in [5.74, 6) is 0.0937. The predicted octanol–water partition coefficient (Wildman–Crippen LogP) is 1.53. The highest BCUT2D eigenvalue weighted by molar-refractivity contribution is 8.24. The molecule has 1 aliphatic rings. The first kappa shape index (κ1) is 13.4. The lowest BCUT2D eigenvalue weighted by Gasteiger charge is -2.31. The van der Waals surface area contributed by atoms with E-state index in [2.05, 4.69) is 0 Å². The molecule has 5 nitrogen and oxygen atoms in total. The first-order chi connectivity index (χ1) is 8.53. The van der Waals surface area contributed by atoms with Crippen molar-refractivity contribution in [2.45, 2.75) is 12.5 Å². The van der Waals surface area contributed by atoms with E-state index in [-0.39, 0.29) is 11.8 Å². The van der Waals surface area contributed by atoms with Gasteiger partial charge in [-0.1, -0.05) is 18.2 Å². The van der Waals surface area contributed by atoms with E-state index >= 15 is 0 Å². The molecular formula is C12H17NO4S. The predicted molar refractivity (Wildman–Crippen MR) is 72.0 cm³/mol. The van der Waals surface area contributed by atoms with E-state index in [1.54, 1.807) is 24.3 Å². The summed E-state index contributed by atoms with van der Waals surface area (Å²) in [6, 6.07) is 8.75. The van der Waals surface area contributed by atoms with Gasteiger partial charge >= 0.3 is 0 Å². The topological polar surface area (TPSA) is 81.0 Å². The number of benzene rings is 1. The Labute approximate surface area is 107 Å². The summed E-state index contributed by atoms with van der Waals surface area (Å²) in [4.78, 5) is 13.3. The van der Waals surface area contributed by atoms with Crippen molar-refractivity contribution in [3.63, 3.8) is 0 Å². The summed E-state index contributed by atoms with van der Waals surface area (Å²) >= 11 is 0. The first-order valence-electron chi connectivity index (χ1n) is 5.75. The molecular weight excluding hydrogens is 254 g/mol. The Balaban J connectivity index is 2.25. The molecule has 0 spiro atoms. The van der Waals surface area contributed by atoms with Gasteiger partial charge in [0.2, 0.25) is 0 Å². The summed E-state index contributed by atoms with van der Waals surface area (Å²) in [7, 11) is -2.57. The molecule has 0 aliphatic carbocycles. The number of anilines is 1. The lowest BCUT2D eigenvalue weighted by atomic mass is 10.2. The normalized spacial score (nSPS) is 23.6. The van der Waals surface area contributed by atoms with Gasteiger partial charge in [0.1, 0.15) is 6.61 Å². The van der Waals surface area contributed by atoms with Crippen LogP contribution >= 0.6 is 10.6 Å². The zero-order valence-corrected chi connectivity index (χ0v) is 10.7. The van der Waals surface area contributed by atoms with E-state index in [0.717, 1.165) is 0 Å². The van der Waals surface area contributed by atoms with Crippen molar-refractivity contribution in [2.75, 3.05) is 23.0 Å². The van der Waals surface area contributed by atoms with E-state index in [9.17, 15) is 13.9 Å². The average Bonchev–Trinajstić information content (AvgIpc) is 2.71. The van der Waals surface area contributed by atoms with Gasteiger partial charge in [-0.15, -0.1) is 0 Å². The Kier molecular flexibility index (Phi) is 3.91. The Morgan fingerprint density at radius 2 is 2.00 bits per heavy atom. The molecule has 2 rings (SSSR count). The highest BCUT2D eigenvalue weighted by atomic mass is 32.3. The second-order valence-corrected chi connectivity index (χ2v) is 6.72. The molecule has 18 heavy (non-hydrogen) atoms. The minimum absolute atomic E-state index is 0.188. The minimum Gasteiger partial charge on any atom is -0.387 e. The third-order valence-corrected chi connectivity index (χ3v) is 4.85. The molecule has 1 aromatic carbocycles. The van der Waals surface area contributed by atoms with Crippen molar-refractivity contribution in [1.29, 1.82) is 0 Å². The van der Waals surface area contributed by atoms with Gasteiger partial charge in [0.15, 0.2) is 0 Å². The molecule has 1 fully saturated rings. The van der Waals surface area contributed by atoms with Gasteiger partial charge in [0.25, 0.3) is 5.91 Å². The van der Waals surface area contributed by atoms with Crippen LogP contribution in [0.5, 0.6) is 0 Å². The zero-order chi connectivity index (χ0) is 13.2. The molecule has 100 valence electrons. The van der Waals surface area contributed by atoms with Crippen LogP contribution in [0.25, 0.3) is 0 Å². The number of amides is 1. The molecule has 1 unspecified atom stereocenters. The molecule has 0 saturated carbocycles. The first-order valence-corrected chi connectivity index (χ1v) is 7.63. The maximum atomic E-state index is 11.8. The maximum absolute atomic E-state index is 11.8. The Morgan fingerprint density at radius 3 is 2.50 bits per heavy atom. The van der Waals surface area contributed by atoms with Crippen molar-refractivity contribution in [1.82, 2.24) is 0 Å². The van der Waals surface area contributed by atoms with E-state index in [0.29, 0.717) is 17.9 Å². The van der Waals surface area contributed by atoms with Crippen molar-refractivity contribution in [2.24, 2.45) is 0 Å². The molecule has 0 bridgehead atoms. The molecule has 6 heteroatoms. The number of nitrogens with zero attached hydrogens (tertiary/aromatic N) is 1. The minimum atomic E-state index is -2.57. The van der Waals surface area contributed by atoms with Crippen LogP contribution in [0.1, 0.15) is 6.42 Å². The summed E-state index contributed by atoms with van der Waals surface area (Å²) in [5.41, 5.74) is 0.679. The highest BCUT2D eigenvalue weighted by Gasteiger charge is 2.35. The Morgan fingerprint density at radius 1 is 1.33 bits per heavy atom. The molecule has 3 N–H and O–H groups in total. The van der Waals surface area contributed by atoms with Crippen LogP contribution in [0.15, 0.2) is 30.3 Å². The summed E-state index contributed by atoms with van der Waals surface area (Å²) < 4.78 is 19.3. The van der Waals surface area contributed by atoms with Gasteiger partial charge in [-0.05, 0) is 18.6 Å². The molecule has 1 amide bonds. The van der Waals surface area contributed by atoms with Crippen LogP contribution < -0.4 is 4.90 Å². The van der Waals surface area contributed by atoms with Gasteiger partial charge in [-0.3, -0.25) is 13.9 Å². The number of carbonyl (C=O) groups is 1. The second-order valence-electron chi connectivity index (χ2n) is 4.37. The molecule has 1 atom stereocenters. The molecule has 1 saturated heterocycles. The van der Waals surface area contributed by atoms with Crippen LogP contribution in [-0.2, 0) is 4.79 Å². The third-order valence-electron chi connectivity index (χ3n) is 3.04. The van der Waals surface area contributed by atoms with E-state index in [1.165, 1.54) is 4.90 Å². The van der Waals surface area contributed by atoms with Crippen LogP contribution in [0.2, 0.25) is 0 Å². The number of aliphatic hydroxyl groups excluding tert-OH is 1. The van der Waals surface area contributed by atoms with Crippen LogP contribution in [0.3, 0.4) is 0 Å². The standard InChI is InChI=1S/C12H17NO4S/c14-8-12(15)13(10-4-2-1-3-5-10)11-6-7-18(16,17)9-11/h1-5,11,14,16-17H,6-9H2. The fourth-order valence-corrected chi connectivity index (χ4v) is 3.97. The molecule has 0 aromatic heterocycles. The number of carbonyl (C=O) groups excluding carboxylic acids is 1. The Bertz CT molecular complexity index is 423. The average molecular weight is 271 g/mol. The lowest BCUT2D eigenvalue weighted by Crippen LogP contribution is -2.42. The van der Waals surface area contributed by atoms with Gasteiger partial charge < -0.3 is 10.0 Å². The number of para-hydroxylation sites is 1. The largest absolute Gasteiger partial charge is 0.387 e. The van der Waals surface area contributed by atoms with Gasteiger partial charge in [0, 0.05) is 11.4 Å². The molecule has 0 radical (unpaired) electrons. The van der Waals surface area contributed by atoms with Crippen molar-refractivity contribution in [3.05, 3.63) is 30.3 Å². The van der Waals surface area contributed by atoms with Crippen LogP contribution in [-0.4, -0.2) is 44.3 Å². The smallest absolute Gasteiger partial charge is 0.252 e. The van der Waals surface area contributed by atoms with Crippen LogP contribution in [0, 0.1) is 0 Å². The Hall–Kier alpha value is -1.08. The highest BCUT2D eigenvalue weighted by Crippen LogP contribution is 2.47. The molecule has 1 heterocycles. The van der Waals surface area contributed by atoms with E-state index < -0.39 is 23.1 Å². The number of aliphatic hydroxyl groups is 1. The van der Waals surface area contributed by atoms with Gasteiger partial charge in [-0.2, -0.15) is 10.6 Å². The van der Waals surface area contributed by atoms with Crippen molar-refractivity contribution >= 4 is 22.2 Å². The SMILES string of the molecule is O=C(CO)N(c1ccccc1)C1CCS(O)(O)C1. The zero-order valence-electron chi connectivity index (χ0n) is 9.90. The lowest BCUT2D eigenvalue weighted by molar-refractivity contribution is -0.121. The number of hydrogen-bond donors (Lipinski definition) is 3. The number of rotatable bonds is 3. The number of hydrogen-bond acceptors (Lipinski definition) is 4.